The molecule has 0 fully saturated rings. The summed E-state index contributed by atoms with van der Waals surface area (Å²) >= 11 is 1.64. The van der Waals surface area contributed by atoms with Crippen LogP contribution in [0, 0.1) is 0 Å². The average molecular weight is 158 g/mol. The Morgan fingerprint density at radius 3 is 2.80 bits per heavy atom. The summed E-state index contributed by atoms with van der Waals surface area (Å²) < 4.78 is 0. The van der Waals surface area contributed by atoms with Gasteiger partial charge in [0, 0.05) is 13.4 Å². The summed E-state index contributed by atoms with van der Waals surface area (Å²) in [4.78, 5) is 4.32. The molecule has 0 atom stereocenters. The predicted octanol–water partition coefficient (Wildman–Crippen LogP) is 1.97. The summed E-state index contributed by atoms with van der Waals surface area (Å²) in [7, 11) is 0. The van der Waals surface area contributed by atoms with Crippen LogP contribution in [0.2, 0.25) is 0 Å². The zero-order valence-electron chi connectivity index (χ0n) is 6.29. The van der Waals surface area contributed by atoms with Crippen LogP contribution in [-0.2, 0) is 6.54 Å². The molecule has 1 rings (SSSR count). The third-order valence-corrected chi connectivity index (χ3v) is 2.23. The number of thiazole rings is 1. The third-order valence-electron chi connectivity index (χ3n) is 1.34. The second-order valence-corrected chi connectivity index (χ2v) is 3.47. The summed E-state index contributed by atoms with van der Waals surface area (Å²) in [5, 5.41) is 3.11. The second kappa shape index (κ2) is 3.12. The van der Waals surface area contributed by atoms with Gasteiger partial charge in [-0.25, -0.2) is 4.98 Å². The maximum Gasteiger partial charge on any atom is 0.106 e. The molecule has 0 radical (unpaired) electrons. The zero-order chi connectivity index (χ0) is 7.56. The van der Waals surface area contributed by atoms with Gasteiger partial charge >= 0.3 is 0 Å². The van der Waals surface area contributed by atoms with Crippen molar-refractivity contribution in [1.82, 2.24) is 4.98 Å². The number of nitrogens with two attached hydrogens (primary N) is 1. The highest BCUT2D eigenvalue weighted by Crippen LogP contribution is 2.16. The molecule has 0 aromatic carbocycles. The van der Waals surface area contributed by atoms with Gasteiger partial charge in [0.15, 0.2) is 0 Å². The van der Waals surface area contributed by atoms with Crippen molar-refractivity contribution in [2.75, 3.05) is 0 Å². The van der Waals surface area contributed by atoms with E-state index in [1.165, 1.54) is 0 Å². The van der Waals surface area contributed by atoms with Crippen molar-refractivity contribution < 1.29 is 1.43 Å². The van der Waals surface area contributed by atoms with Crippen molar-refractivity contribution in [3.63, 3.8) is 0 Å². The number of hydrogen-bond donors (Lipinski definition) is 1. The van der Waals surface area contributed by atoms with Crippen molar-refractivity contribution in [3.05, 3.63) is 16.1 Å². The van der Waals surface area contributed by atoms with Crippen LogP contribution in [0.1, 0.15) is 31.9 Å². The monoisotopic (exact) mass is 158 g/mol. The molecule has 0 aliphatic rings. The molecule has 0 saturated carbocycles. The predicted molar refractivity (Wildman–Crippen MR) is 46.2 cm³/mol. The Morgan fingerprint density at radius 1 is 1.80 bits per heavy atom. The zero-order valence-corrected chi connectivity index (χ0v) is 7.11. The molecule has 58 valence electrons. The van der Waals surface area contributed by atoms with Gasteiger partial charge in [0.05, 0.1) is 5.69 Å². The Balaban J connectivity index is 0.000001000. The van der Waals surface area contributed by atoms with E-state index in [-0.39, 0.29) is 1.43 Å². The van der Waals surface area contributed by atoms with Gasteiger partial charge in [-0.15, -0.1) is 11.3 Å². The Morgan fingerprint density at radius 2 is 2.50 bits per heavy atom. The Labute approximate surface area is 66.6 Å². The molecule has 3 heteroatoms. The Bertz CT molecular complexity index is 210. The Kier molecular flexibility index (Phi) is 2.40. The van der Waals surface area contributed by atoms with E-state index in [1.54, 1.807) is 11.3 Å². The van der Waals surface area contributed by atoms with Crippen LogP contribution in [0.15, 0.2) is 5.38 Å². The molecule has 2 N–H and O–H groups in total. The lowest BCUT2D eigenvalue weighted by Gasteiger charge is -1.95. The van der Waals surface area contributed by atoms with Crippen molar-refractivity contribution in [2.45, 2.75) is 26.3 Å². The first-order valence-corrected chi connectivity index (χ1v) is 4.26. The van der Waals surface area contributed by atoms with E-state index in [0.717, 1.165) is 10.7 Å². The van der Waals surface area contributed by atoms with Crippen molar-refractivity contribution in [1.29, 1.82) is 0 Å². The van der Waals surface area contributed by atoms with E-state index in [9.17, 15) is 0 Å². The first-order chi connectivity index (χ1) is 4.74. The number of aromatic nitrogens is 1. The molecule has 0 aliphatic carbocycles. The van der Waals surface area contributed by atoms with E-state index in [4.69, 9.17) is 5.73 Å². The van der Waals surface area contributed by atoms with Gasteiger partial charge in [-0.2, -0.15) is 0 Å². The lowest BCUT2D eigenvalue weighted by molar-refractivity contribution is 0.821. The van der Waals surface area contributed by atoms with Gasteiger partial charge in [-0.1, -0.05) is 13.8 Å². The van der Waals surface area contributed by atoms with Crippen LogP contribution in [-0.4, -0.2) is 4.98 Å². The highest BCUT2D eigenvalue weighted by atomic mass is 32.1. The van der Waals surface area contributed by atoms with Crippen LogP contribution >= 0.6 is 11.3 Å². The van der Waals surface area contributed by atoms with E-state index < -0.39 is 0 Å². The smallest absolute Gasteiger partial charge is 0.106 e. The fourth-order valence-corrected chi connectivity index (χ4v) is 1.52. The van der Waals surface area contributed by atoms with E-state index in [0.29, 0.717) is 12.5 Å². The minimum atomic E-state index is 0. The molecule has 0 bridgehead atoms. The molecule has 10 heavy (non-hydrogen) atoms. The molecule has 0 amide bonds. The summed E-state index contributed by atoms with van der Waals surface area (Å²) in [5.41, 5.74) is 6.57. The lowest BCUT2D eigenvalue weighted by Crippen LogP contribution is -1.96. The fourth-order valence-electron chi connectivity index (χ4n) is 0.684. The molecule has 0 spiro atoms. The van der Waals surface area contributed by atoms with Gasteiger partial charge in [0.2, 0.25) is 0 Å². The summed E-state index contributed by atoms with van der Waals surface area (Å²) in [6.07, 6.45) is 0. The lowest BCUT2D eigenvalue weighted by atomic mass is 10.2. The third kappa shape index (κ3) is 1.55. The molecule has 0 aliphatic heterocycles. The van der Waals surface area contributed by atoms with Crippen LogP contribution < -0.4 is 5.73 Å². The highest BCUT2D eigenvalue weighted by molar-refractivity contribution is 7.09. The van der Waals surface area contributed by atoms with E-state index >= 15 is 0 Å². The second-order valence-electron chi connectivity index (χ2n) is 2.52. The van der Waals surface area contributed by atoms with E-state index in [1.807, 2.05) is 0 Å². The summed E-state index contributed by atoms with van der Waals surface area (Å²) in [6.45, 7) is 4.84. The SMILES string of the molecule is CC(C)c1csc(CN)n1.[HH]. The van der Waals surface area contributed by atoms with Gasteiger partial charge in [0.25, 0.3) is 0 Å². The quantitative estimate of drug-likeness (QED) is 0.714. The van der Waals surface area contributed by atoms with Crippen molar-refractivity contribution in [3.8, 4) is 0 Å². The minimum absolute atomic E-state index is 0. The van der Waals surface area contributed by atoms with Gasteiger partial charge in [-0.05, 0) is 5.92 Å². The fraction of sp³-hybridized carbons (Fsp3) is 0.571. The maximum atomic E-state index is 5.41. The standard InChI is InChI=1S/C7H12N2S.H2/c1-5(2)6-4-10-7(3-8)9-6;/h4-5H,3,8H2,1-2H3;1H. The molecular weight excluding hydrogens is 144 g/mol. The maximum absolute atomic E-state index is 5.41. The normalized spacial score (nSPS) is 10.8. The van der Waals surface area contributed by atoms with Crippen LogP contribution in [0.25, 0.3) is 0 Å². The van der Waals surface area contributed by atoms with Crippen LogP contribution in [0.5, 0.6) is 0 Å². The molecule has 1 aromatic rings. The topological polar surface area (TPSA) is 38.9 Å². The van der Waals surface area contributed by atoms with Crippen molar-refractivity contribution >= 4 is 11.3 Å². The molecule has 1 aromatic heterocycles. The van der Waals surface area contributed by atoms with Gasteiger partial charge in [-0.3, -0.25) is 0 Å². The summed E-state index contributed by atoms with van der Waals surface area (Å²) in [6, 6.07) is 0. The average Bonchev–Trinajstić information content (AvgIpc) is 2.34. The van der Waals surface area contributed by atoms with Gasteiger partial charge in [0.1, 0.15) is 5.01 Å². The molecule has 0 saturated heterocycles. The largest absolute Gasteiger partial charge is 0.325 e. The van der Waals surface area contributed by atoms with Crippen LogP contribution in [0.3, 0.4) is 0 Å². The molecule has 1 heterocycles. The van der Waals surface area contributed by atoms with Crippen molar-refractivity contribution in [2.24, 2.45) is 5.73 Å². The van der Waals surface area contributed by atoms with Gasteiger partial charge < -0.3 is 5.73 Å². The minimum Gasteiger partial charge on any atom is -0.325 e. The number of nitrogens with zero attached hydrogens (tertiary/aromatic N) is 1. The molecule has 0 unspecified atom stereocenters. The first-order valence-electron chi connectivity index (χ1n) is 3.38. The molecule has 2 nitrogen and oxygen atoms in total. The number of hydrogen-bond acceptors (Lipinski definition) is 3. The Hall–Kier alpha value is -0.410. The summed E-state index contributed by atoms with van der Waals surface area (Å²) in [5.74, 6) is 0.525. The highest BCUT2D eigenvalue weighted by Gasteiger charge is 2.02. The van der Waals surface area contributed by atoms with E-state index in [2.05, 4.69) is 24.2 Å². The first kappa shape index (κ1) is 7.69. The molecular formula is C7H14N2S. The van der Waals surface area contributed by atoms with Crippen LogP contribution in [0.4, 0.5) is 0 Å². The number of rotatable bonds is 2.